The first-order valence-corrected chi connectivity index (χ1v) is 6.30. The van der Waals surface area contributed by atoms with E-state index >= 15 is 0 Å². The van der Waals surface area contributed by atoms with Crippen molar-refractivity contribution < 1.29 is 14.7 Å². The Morgan fingerprint density at radius 1 is 1.37 bits per heavy atom. The smallest absolute Gasteiger partial charge is 0.326 e. The van der Waals surface area contributed by atoms with E-state index in [9.17, 15) is 9.59 Å². The maximum atomic E-state index is 12.3. The van der Waals surface area contributed by atoms with Crippen LogP contribution in [0.25, 0.3) is 0 Å². The lowest BCUT2D eigenvalue weighted by molar-refractivity contribution is -0.142. The van der Waals surface area contributed by atoms with Gasteiger partial charge in [0.25, 0.3) is 0 Å². The minimum atomic E-state index is -1.03. The number of carboxylic acid groups (broad SMARTS) is 1. The Morgan fingerprint density at radius 2 is 2.00 bits per heavy atom. The molecule has 1 fully saturated rings. The molecule has 1 unspecified atom stereocenters. The number of aliphatic carboxylic acids is 1. The van der Waals surface area contributed by atoms with Gasteiger partial charge < -0.3 is 10.4 Å². The molecule has 1 amide bonds. The molecule has 2 rings (SSSR count). The molecule has 1 aliphatic rings. The summed E-state index contributed by atoms with van der Waals surface area (Å²) in [5.41, 5.74) is 0.422. The Bertz CT molecular complexity index is 491. The molecule has 4 nitrogen and oxygen atoms in total. The third kappa shape index (κ3) is 2.67. The Balaban J connectivity index is 2.12. The highest BCUT2D eigenvalue weighted by atomic mass is 16.4. The summed E-state index contributed by atoms with van der Waals surface area (Å²) < 4.78 is 0. The summed E-state index contributed by atoms with van der Waals surface area (Å²) in [7, 11) is 0. The average Bonchev–Trinajstić information content (AvgIpc) is 3.20. The monoisotopic (exact) mass is 259 g/mol. The zero-order valence-corrected chi connectivity index (χ0v) is 10.6. The highest BCUT2D eigenvalue weighted by Crippen LogP contribution is 2.48. The zero-order valence-electron chi connectivity index (χ0n) is 10.6. The number of amides is 1. The first kappa shape index (κ1) is 13.3. The van der Waals surface area contributed by atoms with Crippen molar-refractivity contribution in [2.75, 3.05) is 0 Å². The van der Waals surface area contributed by atoms with Gasteiger partial charge in [0.1, 0.15) is 6.04 Å². The van der Waals surface area contributed by atoms with Gasteiger partial charge in [0, 0.05) is 0 Å². The molecule has 1 atom stereocenters. The standard InChI is InChI=1S/C15H17NO3/c1-2-6-12(13(17)18)16-14(19)15(9-10-15)11-7-4-3-5-8-11/h2-5,7-8,12H,1,6,9-10H2,(H,16,19)(H,17,18). The molecule has 1 aromatic carbocycles. The van der Waals surface area contributed by atoms with E-state index in [-0.39, 0.29) is 12.3 Å². The van der Waals surface area contributed by atoms with Crippen molar-refractivity contribution >= 4 is 11.9 Å². The largest absolute Gasteiger partial charge is 0.480 e. The van der Waals surface area contributed by atoms with Crippen molar-refractivity contribution in [1.82, 2.24) is 5.32 Å². The zero-order chi connectivity index (χ0) is 13.9. The lowest BCUT2D eigenvalue weighted by Crippen LogP contribution is -2.45. The Kier molecular flexibility index (Phi) is 3.69. The van der Waals surface area contributed by atoms with Crippen molar-refractivity contribution in [1.29, 1.82) is 0 Å². The summed E-state index contributed by atoms with van der Waals surface area (Å²) in [5.74, 6) is -1.23. The number of carbonyl (C=O) groups excluding carboxylic acids is 1. The Morgan fingerprint density at radius 3 is 2.47 bits per heavy atom. The third-order valence-corrected chi connectivity index (χ3v) is 3.52. The fraction of sp³-hybridized carbons (Fsp3) is 0.333. The number of benzene rings is 1. The molecule has 1 saturated carbocycles. The Labute approximate surface area is 112 Å². The summed E-state index contributed by atoms with van der Waals surface area (Å²) in [6.45, 7) is 3.51. The van der Waals surface area contributed by atoms with E-state index in [1.165, 1.54) is 6.08 Å². The first-order valence-electron chi connectivity index (χ1n) is 6.30. The van der Waals surface area contributed by atoms with Crippen LogP contribution in [-0.2, 0) is 15.0 Å². The molecule has 19 heavy (non-hydrogen) atoms. The van der Waals surface area contributed by atoms with Crippen LogP contribution in [0.4, 0.5) is 0 Å². The van der Waals surface area contributed by atoms with E-state index in [2.05, 4.69) is 11.9 Å². The summed E-state index contributed by atoms with van der Waals surface area (Å²) >= 11 is 0. The molecular formula is C15H17NO3. The minimum Gasteiger partial charge on any atom is -0.480 e. The number of hydrogen-bond donors (Lipinski definition) is 2. The van der Waals surface area contributed by atoms with Gasteiger partial charge in [-0.25, -0.2) is 4.79 Å². The van der Waals surface area contributed by atoms with Gasteiger partial charge in [-0.3, -0.25) is 4.79 Å². The molecule has 0 saturated heterocycles. The van der Waals surface area contributed by atoms with Crippen molar-refractivity contribution in [3.8, 4) is 0 Å². The van der Waals surface area contributed by atoms with E-state index in [0.29, 0.717) is 0 Å². The predicted molar refractivity (Wildman–Crippen MR) is 71.7 cm³/mol. The molecular weight excluding hydrogens is 242 g/mol. The minimum absolute atomic E-state index is 0.201. The van der Waals surface area contributed by atoms with Gasteiger partial charge >= 0.3 is 5.97 Å². The highest BCUT2D eigenvalue weighted by Gasteiger charge is 2.51. The van der Waals surface area contributed by atoms with Gasteiger partial charge in [-0.05, 0) is 24.8 Å². The normalized spacial score (nSPS) is 17.3. The topological polar surface area (TPSA) is 66.4 Å². The van der Waals surface area contributed by atoms with Crippen LogP contribution in [0.15, 0.2) is 43.0 Å². The van der Waals surface area contributed by atoms with Crippen LogP contribution in [0.2, 0.25) is 0 Å². The maximum Gasteiger partial charge on any atom is 0.326 e. The van der Waals surface area contributed by atoms with Gasteiger partial charge in [-0.15, -0.1) is 6.58 Å². The van der Waals surface area contributed by atoms with Crippen LogP contribution < -0.4 is 5.32 Å². The van der Waals surface area contributed by atoms with Gasteiger partial charge in [-0.1, -0.05) is 36.4 Å². The SMILES string of the molecule is C=CCC(NC(=O)C1(c2ccccc2)CC1)C(=O)O. The highest BCUT2D eigenvalue weighted by molar-refractivity contribution is 5.94. The van der Waals surface area contributed by atoms with Gasteiger partial charge in [0.2, 0.25) is 5.91 Å². The molecule has 2 N–H and O–H groups in total. The summed E-state index contributed by atoms with van der Waals surface area (Å²) in [4.78, 5) is 23.4. The van der Waals surface area contributed by atoms with Crippen LogP contribution >= 0.6 is 0 Å². The van der Waals surface area contributed by atoms with Crippen molar-refractivity contribution in [3.05, 3.63) is 48.6 Å². The fourth-order valence-electron chi connectivity index (χ4n) is 2.21. The van der Waals surface area contributed by atoms with Crippen LogP contribution in [0.5, 0.6) is 0 Å². The second-order valence-electron chi connectivity index (χ2n) is 4.84. The van der Waals surface area contributed by atoms with Crippen molar-refractivity contribution in [3.63, 3.8) is 0 Å². The predicted octanol–water partition coefficient (Wildman–Crippen LogP) is 1.86. The van der Waals surface area contributed by atoms with Crippen LogP contribution in [0.1, 0.15) is 24.8 Å². The van der Waals surface area contributed by atoms with Gasteiger partial charge in [0.05, 0.1) is 5.41 Å². The molecule has 4 heteroatoms. The molecule has 0 radical (unpaired) electrons. The molecule has 0 spiro atoms. The second-order valence-corrected chi connectivity index (χ2v) is 4.84. The van der Waals surface area contributed by atoms with Crippen LogP contribution in [0.3, 0.4) is 0 Å². The average molecular weight is 259 g/mol. The number of carboxylic acids is 1. The number of nitrogens with one attached hydrogen (secondary N) is 1. The quantitative estimate of drug-likeness (QED) is 0.766. The van der Waals surface area contributed by atoms with E-state index in [1.54, 1.807) is 0 Å². The second kappa shape index (κ2) is 5.26. The van der Waals surface area contributed by atoms with E-state index in [4.69, 9.17) is 5.11 Å². The molecule has 0 aromatic heterocycles. The number of carbonyl (C=O) groups is 2. The number of rotatable bonds is 6. The van der Waals surface area contributed by atoms with Crippen molar-refractivity contribution in [2.45, 2.75) is 30.7 Å². The fourth-order valence-corrected chi connectivity index (χ4v) is 2.21. The van der Waals surface area contributed by atoms with E-state index in [1.807, 2.05) is 30.3 Å². The van der Waals surface area contributed by atoms with Crippen molar-refractivity contribution in [2.24, 2.45) is 0 Å². The molecule has 100 valence electrons. The number of hydrogen-bond acceptors (Lipinski definition) is 2. The first-order chi connectivity index (χ1) is 9.10. The molecule has 0 bridgehead atoms. The summed E-state index contributed by atoms with van der Waals surface area (Å²) in [6, 6.07) is 8.61. The molecule has 0 aliphatic heterocycles. The van der Waals surface area contributed by atoms with E-state index in [0.717, 1.165) is 18.4 Å². The molecule has 1 aliphatic carbocycles. The van der Waals surface area contributed by atoms with Gasteiger partial charge in [0.15, 0.2) is 0 Å². The maximum absolute atomic E-state index is 12.3. The molecule has 0 heterocycles. The summed E-state index contributed by atoms with van der Waals surface area (Å²) in [5, 5.41) is 11.7. The lowest BCUT2D eigenvalue weighted by atomic mass is 9.94. The van der Waals surface area contributed by atoms with E-state index < -0.39 is 17.4 Å². The molecule has 1 aromatic rings. The van der Waals surface area contributed by atoms with Gasteiger partial charge in [-0.2, -0.15) is 0 Å². The summed E-state index contributed by atoms with van der Waals surface area (Å²) in [6.07, 6.45) is 3.26. The van der Waals surface area contributed by atoms with Crippen LogP contribution in [0, 0.1) is 0 Å². The Hall–Kier alpha value is -2.10. The third-order valence-electron chi connectivity index (χ3n) is 3.52. The lowest BCUT2D eigenvalue weighted by Gasteiger charge is -2.19. The van der Waals surface area contributed by atoms with Crippen LogP contribution in [-0.4, -0.2) is 23.0 Å².